The fourth-order valence-corrected chi connectivity index (χ4v) is 4.75. The van der Waals surface area contributed by atoms with Gasteiger partial charge in [-0.3, -0.25) is 14.7 Å². The number of methoxy groups -OCH3 is 1. The highest BCUT2D eigenvalue weighted by molar-refractivity contribution is 5.77. The first kappa shape index (κ1) is 21.5. The Labute approximate surface area is 183 Å². The molecule has 2 aliphatic rings. The van der Waals surface area contributed by atoms with Gasteiger partial charge in [0, 0.05) is 61.7 Å². The predicted octanol–water partition coefficient (Wildman–Crippen LogP) is 1.88. The van der Waals surface area contributed by atoms with Gasteiger partial charge in [0.1, 0.15) is 6.61 Å². The predicted molar refractivity (Wildman–Crippen MR) is 118 cm³/mol. The molecule has 0 bridgehead atoms. The van der Waals surface area contributed by atoms with Crippen LogP contribution in [-0.2, 0) is 9.53 Å². The van der Waals surface area contributed by atoms with E-state index in [1.807, 2.05) is 29.2 Å². The van der Waals surface area contributed by atoms with Gasteiger partial charge in [-0.2, -0.15) is 0 Å². The molecule has 2 saturated heterocycles. The Balaban J connectivity index is 1.51. The number of rotatable bonds is 4. The SMILES string of the molecule is COCC(=O)N1CCCCN2[C@H](CO)[C@H](c3ccc(C#Cc4cccnc4)cc3)[C@H]2C1. The fraction of sp³-hybridized carbons (Fsp3) is 0.440. The number of fused-ring (bicyclic) bond motifs is 1. The minimum Gasteiger partial charge on any atom is -0.395 e. The van der Waals surface area contributed by atoms with Gasteiger partial charge in [-0.05, 0) is 49.2 Å². The average molecular weight is 420 g/mol. The Morgan fingerprint density at radius 3 is 2.65 bits per heavy atom. The molecular formula is C25H29N3O3. The maximum Gasteiger partial charge on any atom is 0.248 e. The Morgan fingerprint density at radius 2 is 1.94 bits per heavy atom. The van der Waals surface area contributed by atoms with Crippen molar-refractivity contribution >= 4 is 5.91 Å². The summed E-state index contributed by atoms with van der Waals surface area (Å²) < 4.78 is 5.07. The summed E-state index contributed by atoms with van der Waals surface area (Å²) in [6, 6.07) is 12.4. The smallest absolute Gasteiger partial charge is 0.248 e. The minimum absolute atomic E-state index is 0.0385. The van der Waals surface area contributed by atoms with E-state index in [0.717, 1.165) is 37.1 Å². The molecule has 2 aromatic rings. The van der Waals surface area contributed by atoms with E-state index in [-0.39, 0.29) is 37.1 Å². The largest absolute Gasteiger partial charge is 0.395 e. The molecule has 31 heavy (non-hydrogen) atoms. The Hall–Kier alpha value is -2.72. The van der Waals surface area contributed by atoms with E-state index in [1.165, 1.54) is 5.56 Å². The van der Waals surface area contributed by atoms with Gasteiger partial charge in [-0.25, -0.2) is 0 Å². The molecule has 1 amide bonds. The number of ether oxygens (including phenoxy) is 1. The lowest BCUT2D eigenvalue weighted by molar-refractivity contribution is -0.140. The Morgan fingerprint density at radius 1 is 1.16 bits per heavy atom. The third-order valence-corrected chi connectivity index (χ3v) is 6.30. The van der Waals surface area contributed by atoms with Crippen LogP contribution in [0.1, 0.15) is 35.4 Å². The molecule has 0 unspecified atom stereocenters. The molecule has 162 valence electrons. The van der Waals surface area contributed by atoms with Crippen LogP contribution >= 0.6 is 0 Å². The van der Waals surface area contributed by atoms with Gasteiger partial charge >= 0.3 is 0 Å². The lowest BCUT2D eigenvalue weighted by Crippen LogP contribution is -2.68. The maximum atomic E-state index is 12.5. The molecule has 0 saturated carbocycles. The van der Waals surface area contributed by atoms with Gasteiger partial charge in [0.05, 0.1) is 6.61 Å². The van der Waals surface area contributed by atoms with Gasteiger partial charge in [0.15, 0.2) is 0 Å². The average Bonchev–Trinajstić information content (AvgIpc) is 2.78. The Kier molecular flexibility index (Phi) is 6.98. The van der Waals surface area contributed by atoms with Crippen molar-refractivity contribution in [2.24, 2.45) is 0 Å². The molecular weight excluding hydrogens is 390 g/mol. The molecule has 1 aromatic carbocycles. The number of carbonyl (C=O) groups is 1. The van der Waals surface area contributed by atoms with Crippen LogP contribution in [0.2, 0.25) is 0 Å². The first-order valence-corrected chi connectivity index (χ1v) is 10.9. The summed E-state index contributed by atoms with van der Waals surface area (Å²) in [4.78, 5) is 20.9. The van der Waals surface area contributed by atoms with Gasteiger partial charge in [-0.15, -0.1) is 0 Å². The van der Waals surface area contributed by atoms with Crippen LogP contribution in [0.25, 0.3) is 0 Å². The van der Waals surface area contributed by atoms with Crippen molar-refractivity contribution in [3.63, 3.8) is 0 Å². The lowest BCUT2D eigenvalue weighted by atomic mass is 9.74. The molecule has 0 aliphatic carbocycles. The maximum absolute atomic E-state index is 12.5. The number of amides is 1. The number of hydrogen-bond donors (Lipinski definition) is 1. The van der Waals surface area contributed by atoms with Gasteiger partial charge < -0.3 is 14.7 Å². The van der Waals surface area contributed by atoms with Crippen molar-refractivity contribution in [3.8, 4) is 11.8 Å². The van der Waals surface area contributed by atoms with Crippen LogP contribution < -0.4 is 0 Å². The van der Waals surface area contributed by atoms with Crippen molar-refractivity contribution in [1.29, 1.82) is 0 Å². The second kappa shape index (κ2) is 10.1. The van der Waals surface area contributed by atoms with E-state index in [0.29, 0.717) is 6.54 Å². The van der Waals surface area contributed by atoms with Gasteiger partial charge in [-0.1, -0.05) is 24.0 Å². The fourth-order valence-electron chi connectivity index (χ4n) is 4.75. The molecule has 0 radical (unpaired) electrons. The molecule has 4 rings (SSSR count). The van der Waals surface area contributed by atoms with E-state index in [2.05, 4.69) is 33.9 Å². The molecule has 2 fully saturated rings. The van der Waals surface area contributed by atoms with Crippen molar-refractivity contribution in [1.82, 2.24) is 14.8 Å². The number of benzene rings is 1. The molecule has 1 N–H and O–H groups in total. The monoisotopic (exact) mass is 419 g/mol. The van der Waals surface area contributed by atoms with Gasteiger partial charge in [0.25, 0.3) is 0 Å². The molecule has 3 atom stereocenters. The summed E-state index contributed by atoms with van der Waals surface area (Å²) in [5.74, 6) is 6.55. The number of aromatic nitrogens is 1. The van der Waals surface area contributed by atoms with E-state index >= 15 is 0 Å². The topological polar surface area (TPSA) is 65.9 Å². The zero-order valence-electron chi connectivity index (χ0n) is 17.9. The highest BCUT2D eigenvalue weighted by Gasteiger charge is 2.49. The number of pyridine rings is 1. The van der Waals surface area contributed by atoms with Gasteiger partial charge in [0.2, 0.25) is 5.91 Å². The first-order chi connectivity index (χ1) is 15.2. The highest BCUT2D eigenvalue weighted by Crippen LogP contribution is 2.41. The summed E-state index contributed by atoms with van der Waals surface area (Å²) in [6.07, 6.45) is 5.49. The number of hydrogen-bond acceptors (Lipinski definition) is 5. The summed E-state index contributed by atoms with van der Waals surface area (Å²) in [5, 5.41) is 10.1. The molecule has 6 heteroatoms. The van der Waals surface area contributed by atoms with Crippen LogP contribution in [0, 0.1) is 11.8 Å². The summed E-state index contributed by atoms with van der Waals surface area (Å²) in [6.45, 7) is 2.64. The quantitative estimate of drug-likeness (QED) is 0.767. The van der Waals surface area contributed by atoms with E-state index in [4.69, 9.17) is 4.74 Å². The van der Waals surface area contributed by atoms with Crippen LogP contribution in [0.4, 0.5) is 0 Å². The van der Waals surface area contributed by atoms with E-state index in [9.17, 15) is 9.90 Å². The molecule has 6 nitrogen and oxygen atoms in total. The second-order valence-corrected chi connectivity index (χ2v) is 8.17. The third-order valence-electron chi connectivity index (χ3n) is 6.30. The van der Waals surface area contributed by atoms with E-state index < -0.39 is 0 Å². The number of aliphatic hydroxyl groups excluding tert-OH is 1. The molecule has 2 aliphatic heterocycles. The van der Waals surface area contributed by atoms with Crippen molar-refractivity contribution < 1.29 is 14.6 Å². The normalized spacial score (nSPS) is 23.5. The third kappa shape index (κ3) is 4.80. The minimum atomic E-state index is 0.0385. The molecule has 3 heterocycles. The zero-order chi connectivity index (χ0) is 21.6. The summed E-state index contributed by atoms with van der Waals surface area (Å²) in [5.41, 5.74) is 3.02. The summed E-state index contributed by atoms with van der Waals surface area (Å²) in [7, 11) is 1.56. The first-order valence-electron chi connectivity index (χ1n) is 10.9. The molecule has 0 spiro atoms. The second-order valence-electron chi connectivity index (χ2n) is 8.17. The number of nitrogens with zero attached hydrogens (tertiary/aromatic N) is 3. The number of carbonyl (C=O) groups excluding carboxylic acids is 1. The van der Waals surface area contributed by atoms with Crippen LogP contribution in [0.15, 0.2) is 48.8 Å². The van der Waals surface area contributed by atoms with E-state index in [1.54, 1.807) is 19.5 Å². The highest BCUT2D eigenvalue weighted by atomic mass is 16.5. The standard InChI is InChI=1S/C25H29N3O3/c1-31-18-24(30)27-13-2-3-14-28-22(16-27)25(23(28)17-29)21-10-8-19(9-11-21)6-7-20-5-4-12-26-15-20/h4-5,8-12,15,22-23,25,29H,2-3,13-14,16-18H2,1H3/t22-,23-,25-/m1/s1. The van der Waals surface area contributed by atoms with Crippen molar-refractivity contribution in [3.05, 3.63) is 65.5 Å². The molecule has 1 aromatic heterocycles. The van der Waals surface area contributed by atoms with Crippen molar-refractivity contribution in [2.45, 2.75) is 30.8 Å². The lowest BCUT2D eigenvalue weighted by Gasteiger charge is -2.57. The van der Waals surface area contributed by atoms with Crippen LogP contribution in [0.5, 0.6) is 0 Å². The van der Waals surface area contributed by atoms with Crippen LogP contribution in [0.3, 0.4) is 0 Å². The zero-order valence-corrected chi connectivity index (χ0v) is 17.9. The van der Waals surface area contributed by atoms with Crippen molar-refractivity contribution in [2.75, 3.05) is 40.0 Å². The Bertz CT molecular complexity index is 936. The summed E-state index contributed by atoms with van der Waals surface area (Å²) >= 11 is 0. The number of aliphatic hydroxyl groups is 1. The van der Waals surface area contributed by atoms with Crippen LogP contribution in [-0.4, -0.2) is 77.8 Å².